The Morgan fingerprint density at radius 1 is 0.935 bits per heavy atom. The number of nitrogens with one attached hydrogen (secondary N) is 2. The highest BCUT2D eigenvalue weighted by atomic mass is 32.1. The fraction of sp³-hybridized carbons (Fsp3) is 0.318. The number of hydrogen-bond donors (Lipinski definition) is 2. The standard InChI is InChI=1S/C22H26N2O6S/c1-5-6-11-30-21(26)14-7-9-16(10-8-14)23-22(31)24-20(25)15-12-17(27-2)19(29-4)18(13-15)28-3/h7-10,12-13H,5-6,11H2,1-4H3,(H2,23,24,25,31). The quantitative estimate of drug-likeness (QED) is 0.341. The van der Waals surface area contributed by atoms with E-state index in [0.29, 0.717) is 35.1 Å². The topological polar surface area (TPSA) is 95.1 Å². The van der Waals surface area contributed by atoms with Gasteiger partial charge in [0.05, 0.1) is 33.5 Å². The van der Waals surface area contributed by atoms with Crippen molar-refractivity contribution in [3.63, 3.8) is 0 Å². The molecule has 2 rings (SSSR count). The van der Waals surface area contributed by atoms with Crippen molar-refractivity contribution in [3.8, 4) is 17.2 Å². The third-order valence-corrected chi connectivity index (χ3v) is 4.47. The molecule has 2 aromatic rings. The number of benzene rings is 2. The lowest BCUT2D eigenvalue weighted by Gasteiger charge is -2.14. The maximum Gasteiger partial charge on any atom is 0.338 e. The molecule has 0 fully saturated rings. The molecule has 0 aliphatic rings. The Hall–Kier alpha value is -3.33. The molecule has 8 nitrogen and oxygen atoms in total. The van der Waals surface area contributed by atoms with Gasteiger partial charge in [-0.15, -0.1) is 0 Å². The first-order chi connectivity index (χ1) is 14.9. The van der Waals surface area contributed by atoms with E-state index in [1.165, 1.54) is 33.5 Å². The molecule has 1 amide bonds. The van der Waals surface area contributed by atoms with Crippen LogP contribution >= 0.6 is 12.2 Å². The Bertz CT molecular complexity index is 905. The van der Waals surface area contributed by atoms with E-state index in [4.69, 9.17) is 31.2 Å². The summed E-state index contributed by atoms with van der Waals surface area (Å²) in [4.78, 5) is 24.5. The summed E-state index contributed by atoms with van der Waals surface area (Å²) in [6.45, 7) is 2.42. The van der Waals surface area contributed by atoms with Crippen LogP contribution in [0.2, 0.25) is 0 Å². The highest BCUT2D eigenvalue weighted by Gasteiger charge is 2.17. The number of carbonyl (C=O) groups excluding carboxylic acids is 2. The summed E-state index contributed by atoms with van der Waals surface area (Å²) in [5, 5.41) is 5.59. The second-order valence-corrected chi connectivity index (χ2v) is 6.80. The predicted molar refractivity (Wildman–Crippen MR) is 121 cm³/mol. The summed E-state index contributed by atoms with van der Waals surface area (Å²) < 4.78 is 20.9. The molecule has 0 aliphatic carbocycles. The number of methoxy groups -OCH3 is 3. The minimum Gasteiger partial charge on any atom is -0.493 e. The van der Waals surface area contributed by atoms with Crippen LogP contribution in [0.1, 0.15) is 40.5 Å². The lowest BCUT2D eigenvalue weighted by Crippen LogP contribution is -2.34. The van der Waals surface area contributed by atoms with Crippen molar-refractivity contribution in [1.82, 2.24) is 5.32 Å². The molecule has 0 radical (unpaired) electrons. The number of unbranched alkanes of at least 4 members (excludes halogenated alkanes) is 1. The summed E-state index contributed by atoms with van der Waals surface area (Å²) in [6, 6.07) is 9.65. The molecule has 0 unspecified atom stereocenters. The van der Waals surface area contributed by atoms with Crippen LogP contribution in [0.5, 0.6) is 17.2 Å². The predicted octanol–water partition coefficient (Wildman–Crippen LogP) is 3.80. The molecule has 2 aromatic carbocycles. The number of ether oxygens (including phenoxy) is 4. The van der Waals surface area contributed by atoms with Crippen molar-refractivity contribution in [1.29, 1.82) is 0 Å². The largest absolute Gasteiger partial charge is 0.493 e. The maximum absolute atomic E-state index is 12.6. The monoisotopic (exact) mass is 446 g/mol. The molecule has 0 saturated carbocycles. The molecule has 0 spiro atoms. The SMILES string of the molecule is CCCCOC(=O)c1ccc(NC(=S)NC(=O)c2cc(OC)c(OC)c(OC)c2)cc1. The number of thiocarbonyl (C=S) groups is 1. The normalized spacial score (nSPS) is 10.1. The van der Waals surface area contributed by atoms with Crippen LogP contribution in [0.3, 0.4) is 0 Å². The Kier molecular flexibility index (Phi) is 9.08. The van der Waals surface area contributed by atoms with Gasteiger partial charge in [0.15, 0.2) is 16.6 Å². The van der Waals surface area contributed by atoms with Crippen molar-refractivity contribution in [3.05, 3.63) is 47.5 Å². The van der Waals surface area contributed by atoms with Crippen molar-refractivity contribution in [2.45, 2.75) is 19.8 Å². The van der Waals surface area contributed by atoms with Gasteiger partial charge in [-0.25, -0.2) is 4.79 Å². The molecule has 0 aliphatic heterocycles. The first kappa shape index (κ1) is 23.9. The average Bonchev–Trinajstić information content (AvgIpc) is 2.78. The Labute approximate surface area is 186 Å². The van der Waals surface area contributed by atoms with Gasteiger partial charge in [-0.1, -0.05) is 13.3 Å². The first-order valence-corrected chi connectivity index (χ1v) is 10.0. The molecule has 0 saturated heterocycles. The van der Waals surface area contributed by atoms with Crippen molar-refractivity contribution >= 4 is 34.9 Å². The average molecular weight is 447 g/mol. The van der Waals surface area contributed by atoms with E-state index in [1.807, 2.05) is 6.92 Å². The van der Waals surface area contributed by atoms with E-state index in [-0.39, 0.29) is 16.6 Å². The third kappa shape index (κ3) is 6.58. The van der Waals surface area contributed by atoms with Gasteiger partial charge in [0.25, 0.3) is 5.91 Å². The summed E-state index contributed by atoms with van der Waals surface area (Å²) in [7, 11) is 4.41. The van der Waals surface area contributed by atoms with E-state index in [2.05, 4.69) is 10.6 Å². The number of anilines is 1. The van der Waals surface area contributed by atoms with Crippen LogP contribution in [0, 0.1) is 0 Å². The third-order valence-electron chi connectivity index (χ3n) is 4.26. The second kappa shape index (κ2) is 11.8. The van der Waals surface area contributed by atoms with Crippen molar-refractivity contribution < 1.29 is 28.5 Å². The molecule has 0 atom stereocenters. The van der Waals surface area contributed by atoms with Gasteiger partial charge in [0.1, 0.15) is 0 Å². The van der Waals surface area contributed by atoms with Crippen LogP contribution in [0.15, 0.2) is 36.4 Å². The smallest absolute Gasteiger partial charge is 0.338 e. The maximum atomic E-state index is 12.6. The highest BCUT2D eigenvalue weighted by molar-refractivity contribution is 7.80. The molecular formula is C22H26N2O6S. The summed E-state index contributed by atoms with van der Waals surface area (Å²) in [5.74, 6) is 0.265. The Morgan fingerprint density at radius 3 is 2.06 bits per heavy atom. The van der Waals surface area contributed by atoms with Gasteiger partial charge in [0.2, 0.25) is 5.75 Å². The van der Waals surface area contributed by atoms with Gasteiger partial charge >= 0.3 is 5.97 Å². The molecule has 2 N–H and O–H groups in total. The van der Waals surface area contributed by atoms with Gasteiger partial charge in [0, 0.05) is 11.3 Å². The van der Waals surface area contributed by atoms with Crippen molar-refractivity contribution in [2.75, 3.05) is 33.3 Å². The molecule has 166 valence electrons. The molecule has 0 aromatic heterocycles. The fourth-order valence-electron chi connectivity index (χ4n) is 2.63. The van der Waals surface area contributed by atoms with E-state index in [1.54, 1.807) is 24.3 Å². The number of amides is 1. The van der Waals surface area contributed by atoms with E-state index >= 15 is 0 Å². The zero-order valence-electron chi connectivity index (χ0n) is 17.9. The lowest BCUT2D eigenvalue weighted by molar-refractivity contribution is 0.0499. The Balaban J connectivity index is 2.01. The number of rotatable bonds is 9. The van der Waals surface area contributed by atoms with Gasteiger partial charge in [-0.2, -0.15) is 0 Å². The molecule has 31 heavy (non-hydrogen) atoms. The Morgan fingerprint density at radius 2 is 1.55 bits per heavy atom. The van der Waals surface area contributed by atoms with E-state index in [9.17, 15) is 9.59 Å². The summed E-state index contributed by atoms with van der Waals surface area (Å²) in [6.07, 6.45) is 1.78. The fourth-order valence-corrected chi connectivity index (χ4v) is 2.84. The molecule has 9 heteroatoms. The minimum absolute atomic E-state index is 0.0945. The van der Waals surface area contributed by atoms with Crippen LogP contribution in [0.25, 0.3) is 0 Å². The van der Waals surface area contributed by atoms with E-state index in [0.717, 1.165) is 12.8 Å². The van der Waals surface area contributed by atoms with Crippen LogP contribution in [0.4, 0.5) is 5.69 Å². The molecular weight excluding hydrogens is 420 g/mol. The van der Waals surface area contributed by atoms with Gasteiger partial charge in [-0.05, 0) is 55.0 Å². The van der Waals surface area contributed by atoms with Gasteiger partial charge in [-0.3, -0.25) is 10.1 Å². The zero-order chi connectivity index (χ0) is 22.8. The first-order valence-electron chi connectivity index (χ1n) is 9.63. The van der Waals surface area contributed by atoms with Crippen LogP contribution in [-0.2, 0) is 4.74 Å². The van der Waals surface area contributed by atoms with Crippen LogP contribution in [-0.4, -0.2) is 44.9 Å². The molecule has 0 heterocycles. The second-order valence-electron chi connectivity index (χ2n) is 6.39. The minimum atomic E-state index is -0.451. The number of esters is 1. The summed E-state index contributed by atoms with van der Waals surface area (Å²) >= 11 is 5.22. The highest BCUT2D eigenvalue weighted by Crippen LogP contribution is 2.38. The van der Waals surface area contributed by atoms with Crippen LogP contribution < -0.4 is 24.8 Å². The summed E-state index contributed by atoms with van der Waals surface area (Å²) in [5.41, 5.74) is 1.33. The zero-order valence-corrected chi connectivity index (χ0v) is 18.8. The number of hydrogen-bond acceptors (Lipinski definition) is 7. The van der Waals surface area contributed by atoms with Crippen molar-refractivity contribution in [2.24, 2.45) is 0 Å². The van der Waals surface area contributed by atoms with Gasteiger partial charge < -0.3 is 24.3 Å². The number of carbonyl (C=O) groups is 2. The lowest BCUT2D eigenvalue weighted by atomic mass is 10.1. The molecule has 0 bridgehead atoms. The van der Waals surface area contributed by atoms with E-state index < -0.39 is 5.91 Å².